The molecule has 0 aliphatic heterocycles. The van der Waals surface area contributed by atoms with Crippen LogP contribution in [0.3, 0.4) is 0 Å². The second-order valence-corrected chi connectivity index (χ2v) is 3.35. The minimum Gasteiger partial charge on any atom is -0.479 e. The maximum atomic E-state index is 10.2. The smallest absolute Gasteiger partial charge is 0.337 e. The van der Waals surface area contributed by atoms with Crippen molar-refractivity contribution < 1.29 is 25.2 Å². The van der Waals surface area contributed by atoms with E-state index in [1.807, 2.05) is 0 Å². The second kappa shape index (κ2) is 10.7. The van der Waals surface area contributed by atoms with Gasteiger partial charge in [0.05, 0.1) is 13.2 Å². The van der Waals surface area contributed by atoms with Crippen molar-refractivity contribution in [2.45, 2.75) is 6.10 Å². The van der Waals surface area contributed by atoms with Crippen LogP contribution >= 0.6 is 0 Å². The van der Waals surface area contributed by atoms with Crippen LogP contribution in [0.15, 0.2) is 30.3 Å². The number of rotatable bonds is 6. The van der Waals surface area contributed by atoms with Gasteiger partial charge in [0, 0.05) is 13.1 Å². The first-order valence-corrected chi connectivity index (χ1v) is 5.51. The Balaban J connectivity index is 0.000000360. The number of benzene rings is 1. The van der Waals surface area contributed by atoms with Crippen molar-refractivity contribution >= 4 is 5.97 Å². The highest BCUT2D eigenvalue weighted by molar-refractivity contribution is 5.73. The molecule has 0 aromatic heterocycles. The van der Waals surface area contributed by atoms with Gasteiger partial charge in [0.1, 0.15) is 0 Å². The quantitative estimate of drug-likeness (QED) is 0.434. The molecule has 1 atom stereocenters. The molecule has 1 aromatic carbocycles. The molecule has 1 rings (SSSR count). The van der Waals surface area contributed by atoms with Crippen LogP contribution in [0.5, 0.6) is 0 Å². The largest absolute Gasteiger partial charge is 0.479 e. The number of carboxylic acid groups (broad SMARTS) is 1. The van der Waals surface area contributed by atoms with Gasteiger partial charge in [-0.3, -0.25) is 0 Å². The first kappa shape index (κ1) is 16.5. The number of aliphatic hydroxyl groups is 3. The van der Waals surface area contributed by atoms with Gasteiger partial charge < -0.3 is 25.7 Å². The Hall–Kier alpha value is -1.47. The van der Waals surface area contributed by atoms with Gasteiger partial charge in [-0.2, -0.15) is 0 Å². The lowest BCUT2D eigenvalue weighted by Gasteiger charge is -2.03. The predicted molar refractivity (Wildman–Crippen MR) is 66.1 cm³/mol. The Bertz CT molecular complexity index is 314. The highest BCUT2D eigenvalue weighted by Gasteiger charge is 2.14. The summed E-state index contributed by atoms with van der Waals surface area (Å²) in [6, 6.07) is 8.26. The van der Waals surface area contributed by atoms with Crippen LogP contribution in [0.2, 0.25) is 0 Å². The van der Waals surface area contributed by atoms with E-state index in [-0.39, 0.29) is 13.2 Å². The van der Waals surface area contributed by atoms with E-state index in [0.717, 1.165) is 0 Å². The third-order valence-corrected chi connectivity index (χ3v) is 1.93. The van der Waals surface area contributed by atoms with Gasteiger partial charge in [-0.15, -0.1) is 0 Å². The molecule has 0 aliphatic rings. The zero-order chi connectivity index (χ0) is 13.8. The van der Waals surface area contributed by atoms with E-state index in [9.17, 15) is 4.79 Å². The third kappa shape index (κ3) is 7.75. The summed E-state index contributed by atoms with van der Waals surface area (Å²) in [4.78, 5) is 10.2. The SMILES string of the molecule is O=C(O)[C@H](O)c1ccccc1.OCCNCCO. The first-order chi connectivity index (χ1) is 8.63. The molecule has 6 heteroatoms. The number of nitrogens with one attached hydrogen (secondary N) is 1. The normalized spacial score (nSPS) is 11.3. The lowest BCUT2D eigenvalue weighted by molar-refractivity contribution is -0.146. The van der Waals surface area contributed by atoms with Crippen LogP contribution in [0.25, 0.3) is 0 Å². The lowest BCUT2D eigenvalue weighted by atomic mass is 10.1. The molecule has 102 valence electrons. The van der Waals surface area contributed by atoms with Crippen molar-refractivity contribution in [2.24, 2.45) is 0 Å². The molecule has 0 spiro atoms. The molecule has 18 heavy (non-hydrogen) atoms. The number of aliphatic carboxylic acids is 1. The highest BCUT2D eigenvalue weighted by Crippen LogP contribution is 2.10. The predicted octanol–water partition coefficient (Wildman–Crippen LogP) is -0.635. The molecular weight excluding hydrogens is 238 g/mol. The zero-order valence-corrected chi connectivity index (χ0v) is 9.99. The fraction of sp³-hybridized carbons (Fsp3) is 0.417. The monoisotopic (exact) mass is 257 g/mol. The molecule has 0 heterocycles. The van der Waals surface area contributed by atoms with Gasteiger partial charge in [0.25, 0.3) is 0 Å². The number of hydrogen-bond acceptors (Lipinski definition) is 5. The van der Waals surface area contributed by atoms with E-state index in [1.54, 1.807) is 30.3 Å². The molecule has 6 nitrogen and oxygen atoms in total. The number of carboxylic acids is 1. The Morgan fingerprint density at radius 3 is 2.00 bits per heavy atom. The van der Waals surface area contributed by atoms with E-state index in [0.29, 0.717) is 18.7 Å². The summed E-state index contributed by atoms with van der Waals surface area (Å²) >= 11 is 0. The van der Waals surface area contributed by atoms with Gasteiger partial charge in [-0.1, -0.05) is 30.3 Å². The Morgan fingerprint density at radius 2 is 1.61 bits per heavy atom. The van der Waals surface area contributed by atoms with Crippen molar-refractivity contribution in [1.29, 1.82) is 0 Å². The Labute approximate surface area is 106 Å². The van der Waals surface area contributed by atoms with Crippen LogP contribution < -0.4 is 5.32 Å². The average molecular weight is 257 g/mol. The van der Waals surface area contributed by atoms with E-state index >= 15 is 0 Å². The van der Waals surface area contributed by atoms with Crippen molar-refractivity contribution in [1.82, 2.24) is 5.32 Å². The summed E-state index contributed by atoms with van der Waals surface area (Å²) in [6.45, 7) is 1.42. The van der Waals surface area contributed by atoms with Crippen molar-refractivity contribution in [2.75, 3.05) is 26.3 Å². The summed E-state index contributed by atoms with van der Waals surface area (Å²) in [5, 5.41) is 36.5. The average Bonchev–Trinajstić information content (AvgIpc) is 2.40. The van der Waals surface area contributed by atoms with Gasteiger partial charge in [-0.25, -0.2) is 4.79 Å². The van der Waals surface area contributed by atoms with Crippen molar-refractivity contribution in [3.63, 3.8) is 0 Å². The Kier molecular flexibility index (Phi) is 9.80. The number of aliphatic hydroxyl groups excluding tert-OH is 3. The van der Waals surface area contributed by atoms with Gasteiger partial charge in [-0.05, 0) is 5.56 Å². The molecule has 0 fully saturated rings. The minimum atomic E-state index is -1.41. The maximum absolute atomic E-state index is 10.2. The van der Waals surface area contributed by atoms with Crippen molar-refractivity contribution in [3.8, 4) is 0 Å². The molecule has 0 bridgehead atoms. The van der Waals surface area contributed by atoms with E-state index in [2.05, 4.69) is 5.32 Å². The first-order valence-electron chi connectivity index (χ1n) is 5.51. The fourth-order valence-electron chi connectivity index (χ4n) is 1.06. The molecule has 0 radical (unpaired) electrons. The van der Waals surface area contributed by atoms with Crippen LogP contribution in [0.1, 0.15) is 11.7 Å². The summed E-state index contributed by atoms with van der Waals surface area (Å²) in [5.41, 5.74) is 0.403. The van der Waals surface area contributed by atoms with Crippen LogP contribution in [-0.2, 0) is 4.79 Å². The van der Waals surface area contributed by atoms with E-state index in [1.165, 1.54) is 0 Å². The molecule has 0 saturated heterocycles. The number of hydrogen-bond donors (Lipinski definition) is 5. The third-order valence-electron chi connectivity index (χ3n) is 1.93. The molecular formula is C12H19NO5. The van der Waals surface area contributed by atoms with Gasteiger partial charge in [0.2, 0.25) is 0 Å². The minimum absolute atomic E-state index is 0.139. The molecule has 1 aromatic rings. The molecule has 0 saturated carbocycles. The van der Waals surface area contributed by atoms with Gasteiger partial charge in [0.15, 0.2) is 6.10 Å². The van der Waals surface area contributed by atoms with Gasteiger partial charge >= 0.3 is 5.97 Å². The van der Waals surface area contributed by atoms with Crippen LogP contribution in [-0.4, -0.2) is 52.7 Å². The van der Waals surface area contributed by atoms with Crippen LogP contribution in [0, 0.1) is 0 Å². The Morgan fingerprint density at radius 1 is 1.11 bits per heavy atom. The molecule has 0 amide bonds. The summed E-state index contributed by atoms with van der Waals surface area (Å²) in [5.74, 6) is -1.23. The van der Waals surface area contributed by atoms with E-state index in [4.69, 9.17) is 20.4 Å². The molecule has 0 unspecified atom stereocenters. The molecule has 0 aliphatic carbocycles. The summed E-state index contributed by atoms with van der Waals surface area (Å²) < 4.78 is 0. The fourth-order valence-corrected chi connectivity index (χ4v) is 1.06. The standard InChI is InChI=1S/C8H8O3.C4H11NO2/c9-7(8(10)11)6-4-2-1-3-5-6;6-3-1-5-2-4-7/h1-5,7,9H,(H,10,11);5-7H,1-4H2/t7-;/m1./s1. The highest BCUT2D eigenvalue weighted by atomic mass is 16.4. The number of carbonyl (C=O) groups is 1. The lowest BCUT2D eigenvalue weighted by Crippen LogP contribution is -2.21. The maximum Gasteiger partial charge on any atom is 0.337 e. The van der Waals surface area contributed by atoms with E-state index < -0.39 is 12.1 Å². The molecule has 5 N–H and O–H groups in total. The summed E-state index contributed by atoms with van der Waals surface area (Å²) in [6.07, 6.45) is -1.41. The van der Waals surface area contributed by atoms with Crippen molar-refractivity contribution in [3.05, 3.63) is 35.9 Å². The summed E-state index contributed by atoms with van der Waals surface area (Å²) in [7, 11) is 0. The van der Waals surface area contributed by atoms with Crippen LogP contribution in [0.4, 0.5) is 0 Å². The topological polar surface area (TPSA) is 110 Å². The second-order valence-electron chi connectivity index (χ2n) is 3.35. The zero-order valence-electron chi connectivity index (χ0n) is 9.99.